The van der Waals surface area contributed by atoms with Gasteiger partial charge in [-0.25, -0.2) is 4.79 Å². The van der Waals surface area contributed by atoms with Gasteiger partial charge in [0.25, 0.3) is 0 Å². The summed E-state index contributed by atoms with van der Waals surface area (Å²) in [6.45, 7) is 2.80. The highest BCUT2D eigenvalue weighted by Crippen LogP contribution is 2.44. The van der Waals surface area contributed by atoms with Gasteiger partial charge in [-0.05, 0) is 49.3 Å². The third-order valence-electron chi connectivity index (χ3n) is 8.51. The lowest BCUT2D eigenvalue weighted by molar-refractivity contribution is -0.123. The lowest BCUT2D eigenvalue weighted by Gasteiger charge is -2.42. The smallest absolute Gasteiger partial charge is 0.341 e. The largest absolute Gasteiger partial charge is 0.422 e. The van der Waals surface area contributed by atoms with Crippen LogP contribution >= 0.6 is 0 Å². The molecular weight excluding hydrogens is 472 g/mol. The van der Waals surface area contributed by atoms with E-state index < -0.39 is 0 Å². The van der Waals surface area contributed by atoms with E-state index in [9.17, 15) is 9.59 Å². The quantitative estimate of drug-likeness (QED) is 0.225. The zero-order valence-electron chi connectivity index (χ0n) is 22.8. The van der Waals surface area contributed by atoms with Crippen molar-refractivity contribution in [3.63, 3.8) is 0 Å². The molecule has 1 aromatic heterocycles. The molecule has 5 heteroatoms. The molecule has 0 saturated heterocycles. The van der Waals surface area contributed by atoms with Crippen LogP contribution in [0.3, 0.4) is 0 Å². The molecule has 0 radical (unpaired) electrons. The standard InChI is InChI=1S/C33H42N2O3/c1-2-3-4-5-10-17-25-22-28(32(36)34-26-18-11-7-12-19-26)35(23-24-15-8-6-9-16-24)31-27-20-13-14-21-29(27)38-33(37)30(25)31/h6,8-9,13-16,20-21,25-26,28H,2-5,7,10-12,17-19,22-23H2,1H3,(H,34,36)/t25-,28?/m1/s1. The highest BCUT2D eigenvalue weighted by molar-refractivity contribution is 5.96. The van der Waals surface area contributed by atoms with Crippen LogP contribution in [0.2, 0.25) is 0 Å². The Morgan fingerprint density at radius 1 is 0.947 bits per heavy atom. The average molecular weight is 515 g/mol. The SMILES string of the molecule is CCCCCCC[C@@H]1CC(C(=O)NC2CCCCC2)N(Cc2ccccc2)c2c1c(=O)oc1ccccc21. The molecule has 1 aliphatic carbocycles. The Kier molecular flexibility index (Phi) is 8.83. The summed E-state index contributed by atoms with van der Waals surface area (Å²) in [4.78, 5) is 29.7. The molecule has 5 rings (SSSR count). The summed E-state index contributed by atoms with van der Waals surface area (Å²) in [6, 6.07) is 18.0. The molecule has 1 aliphatic heterocycles. The molecule has 5 nitrogen and oxygen atoms in total. The predicted octanol–water partition coefficient (Wildman–Crippen LogP) is 7.46. The molecule has 2 heterocycles. The minimum Gasteiger partial charge on any atom is -0.422 e. The van der Waals surface area contributed by atoms with E-state index in [1.165, 1.54) is 38.5 Å². The normalized spacial score (nSPS) is 19.9. The number of anilines is 1. The van der Waals surface area contributed by atoms with E-state index in [1.54, 1.807) is 0 Å². The second kappa shape index (κ2) is 12.6. The van der Waals surface area contributed by atoms with Gasteiger partial charge < -0.3 is 14.6 Å². The summed E-state index contributed by atoms with van der Waals surface area (Å²) < 4.78 is 5.87. The molecule has 0 spiro atoms. The van der Waals surface area contributed by atoms with Crippen molar-refractivity contribution in [2.75, 3.05) is 4.90 Å². The summed E-state index contributed by atoms with van der Waals surface area (Å²) in [6.07, 6.45) is 13.2. The minimum absolute atomic E-state index is 0.0154. The Hall–Kier alpha value is -3.08. The van der Waals surface area contributed by atoms with Gasteiger partial charge in [0.1, 0.15) is 11.6 Å². The van der Waals surface area contributed by atoms with Gasteiger partial charge in [0.15, 0.2) is 0 Å². The summed E-state index contributed by atoms with van der Waals surface area (Å²) in [5.41, 5.74) is 3.13. The summed E-state index contributed by atoms with van der Waals surface area (Å²) >= 11 is 0. The Morgan fingerprint density at radius 2 is 1.68 bits per heavy atom. The fourth-order valence-corrected chi connectivity index (χ4v) is 6.51. The molecular formula is C33H42N2O3. The molecule has 1 N–H and O–H groups in total. The van der Waals surface area contributed by atoms with E-state index in [2.05, 4.69) is 29.3 Å². The van der Waals surface area contributed by atoms with E-state index in [-0.39, 0.29) is 29.5 Å². The number of carbonyl (C=O) groups excluding carboxylic acids is 1. The van der Waals surface area contributed by atoms with Crippen molar-refractivity contribution >= 4 is 22.6 Å². The molecule has 3 aromatic rings. The van der Waals surface area contributed by atoms with Gasteiger partial charge in [0, 0.05) is 18.0 Å². The topological polar surface area (TPSA) is 62.6 Å². The van der Waals surface area contributed by atoms with Crippen molar-refractivity contribution in [1.29, 1.82) is 0 Å². The van der Waals surface area contributed by atoms with Crippen LogP contribution in [-0.2, 0) is 11.3 Å². The second-order valence-electron chi connectivity index (χ2n) is 11.3. The minimum atomic E-state index is -0.324. The molecule has 0 bridgehead atoms. The molecule has 202 valence electrons. The Labute approximate surface area is 226 Å². The highest BCUT2D eigenvalue weighted by atomic mass is 16.4. The van der Waals surface area contributed by atoms with E-state index in [1.807, 2.05) is 42.5 Å². The van der Waals surface area contributed by atoms with Gasteiger partial charge in [-0.1, -0.05) is 101 Å². The molecule has 1 amide bonds. The van der Waals surface area contributed by atoms with Gasteiger partial charge in [0.2, 0.25) is 5.91 Å². The zero-order chi connectivity index (χ0) is 26.3. The maximum Gasteiger partial charge on any atom is 0.341 e. The average Bonchev–Trinajstić information content (AvgIpc) is 2.94. The van der Waals surface area contributed by atoms with Crippen molar-refractivity contribution in [1.82, 2.24) is 5.32 Å². The van der Waals surface area contributed by atoms with E-state index >= 15 is 0 Å². The number of hydrogen-bond donors (Lipinski definition) is 1. The maximum absolute atomic E-state index is 14.0. The number of rotatable bonds is 10. The number of unbranched alkanes of at least 4 members (excludes halogenated alkanes) is 4. The van der Waals surface area contributed by atoms with Crippen LogP contribution in [-0.4, -0.2) is 18.0 Å². The summed E-state index contributed by atoms with van der Waals surface area (Å²) in [5.74, 6) is 0.119. The molecule has 1 fully saturated rings. The first-order valence-corrected chi connectivity index (χ1v) is 14.8. The zero-order valence-corrected chi connectivity index (χ0v) is 22.8. The summed E-state index contributed by atoms with van der Waals surface area (Å²) in [7, 11) is 0. The number of benzene rings is 2. The maximum atomic E-state index is 14.0. The Morgan fingerprint density at radius 3 is 2.47 bits per heavy atom. The lowest BCUT2D eigenvalue weighted by atomic mass is 9.81. The van der Waals surface area contributed by atoms with Crippen molar-refractivity contribution in [2.24, 2.45) is 0 Å². The van der Waals surface area contributed by atoms with Gasteiger partial charge in [-0.2, -0.15) is 0 Å². The first-order chi connectivity index (χ1) is 18.7. The van der Waals surface area contributed by atoms with Crippen LogP contribution in [0.15, 0.2) is 63.8 Å². The number of nitrogens with zero attached hydrogens (tertiary/aromatic N) is 1. The van der Waals surface area contributed by atoms with Gasteiger partial charge >= 0.3 is 5.63 Å². The molecule has 1 saturated carbocycles. The van der Waals surface area contributed by atoms with E-state index in [0.29, 0.717) is 18.5 Å². The third kappa shape index (κ3) is 5.98. The monoisotopic (exact) mass is 514 g/mol. The third-order valence-corrected chi connectivity index (χ3v) is 8.51. The number of hydrogen-bond acceptors (Lipinski definition) is 4. The first-order valence-electron chi connectivity index (χ1n) is 14.8. The first kappa shape index (κ1) is 26.5. The second-order valence-corrected chi connectivity index (χ2v) is 11.3. The van der Waals surface area contributed by atoms with E-state index in [0.717, 1.165) is 54.3 Å². The predicted molar refractivity (Wildman–Crippen MR) is 155 cm³/mol. The Balaban J connectivity index is 1.55. The highest BCUT2D eigenvalue weighted by Gasteiger charge is 2.40. The van der Waals surface area contributed by atoms with Gasteiger partial charge in [-0.15, -0.1) is 0 Å². The molecule has 2 aliphatic rings. The van der Waals surface area contributed by atoms with Crippen LogP contribution in [0.5, 0.6) is 0 Å². The molecule has 38 heavy (non-hydrogen) atoms. The number of fused-ring (bicyclic) bond motifs is 3. The number of carbonyl (C=O) groups is 1. The number of amides is 1. The van der Waals surface area contributed by atoms with Gasteiger partial charge in [0.05, 0.1) is 11.3 Å². The van der Waals surface area contributed by atoms with Gasteiger partial charge in [-0.3, -0.25) is 4.79 Å². The Bertz CT molecular complexity index is 1260. The number of nitrogens with one attached hydrogen (secondary N) is 1. The molecule has 1 unspecified atom stereocenters. The fraction of sp³-hybridized carbons (Fsp3) is 0.515. The fourth-order valence-electron chi connectivity index (χ4n) is 6.51. The molecule has 2 aromatic carbocycles. The number of para-hydroxylation sites is 1. The molecule has 2 atom stereocenters. The van der Waals surface area contributed by atoms with E-state index in [4.69, 9.17) is 4.42 Å². The van der Waals surface area contributed by atoms with Crippen molar-refractivity contribution in [3.8, 4) is 0 Å². The van der Waals surface area contributed by atoms with Crippen LogP contribution < -0.4 is 15.8 Å². The van der Waals surface area contributed by atoms with Crippen LogP contribution in [0.25, 0.3) is 11.0 Å². The van der Waals surface area contributed by atoms with Crippen molar-refractivity contribution < 1.29 is 9.21 Å². The summed E-state index contributed by atoms with van der Waals surface area (Å²) in [5, 5.41) is 4.34. The van der Waals surface area contributed by atoms with Crippen LogP contribution in [0, 0.1) is 0 Å². The van der Waals surface area contributed by atoms with Crippen molar-refractivity contribution in [3.05, 3.63) is 76.1 Å². The van der Waals surface area contributed by atoms with Crippen LogP contribution in [0.1, 0.15) is 101 Å². The van der Waals surface area contributed by atoms with Crippen LogP contribution in [0.4, 0.5) is 5.69 Å². The lowest BCUT2D eigenvalue weighted by Crippen LogP contribution is -2.53. The van der Waals surface area contributed by atoms with Crippen molar-refractivity contribution in [2.45, 2.75) is 109 Å².